The van der Waals surface area contributed by atoms with Crippen LogP contribution in [0.3, 0.4) is 0 Å². The van der Waals surface area contributed by atoms with Crippen molar-refractivity contribution in [2.45, 2.75) is 12.8 Å². The molecule has 1 heterocycles. The Hall–Kier alpha value is -2.08. The molecule has 0 saturated heterocycles. The van der Waals surface area contributed by atoms with E-state index in [1.54, 1.807) is 26.6 Å². The number of carbonyl (C=O) groups is 1. The normalized spacial score (nSPS) is 10.2. The zero-order valence-corrected chi connectivity index (χ0v) is 14.7. The van der Waals surface area contributed by atoms with Gasteiger partial charge in [0.15, 0.2) is 11.5 Å². The molecule has 1 N–H and O–H groups in total. The average molecular weight is 379 g/mol. The Morgan fingerprint density at radius 2 is 2.00 bits per heavy atom. The van der Waals surface area contributed by atoms with Gasteiger partial charge in [0.25, 0.3) is 0 Å². The lowest BCUT2D eigenvalue weighted by molar-refractivity contribution is -0.120. The van der Waals surface area contributed by atoms with Gasteiger partial charge in [0.2, 0.25) is 5.91 Å². The van der Waals surface area contributed by atoms with E-state index in [9.17, 15) is 4.79 Å². The highest BCUT2D eigenvalue weighted by atomic mass is 79.9. The minimum atomic E-state index is -0.0163. The second-order valence-corrected chi connectivity index (χ2v) is 5.79. The summed E-state index contributed by atoms with van der Waals surface area (Å²) in [6.45, 7) is 0.566. The number of hydrogen-bond acceptors (Lipinski definition) is 4. The molecule has 0 aliphatic carbocycles. The van der Waals surface area contributed by atoms with E-state index in [-0.39, 0.29) is 5.91 Å². The van der Waals surface area contributed by atoms with Gasteiger partial charge < -0.3 is 14.8 Å². The van der Waals surface area contributed by atoms with E-state index < -0.39 is 0 Å². The second-order valence-electron chi connectivity index (χ2n) is 4.93. The standard InChI is InChI=1S/C17H19BrN2O3/c1-22-15-4-3-12(9-16(15)23-2)5-8-20-17(21)10-13-6-7-19-11-14(13)18/h3-4,6-7,9,11H,5,8,10H2,1-2H3,(H,20,21). The summed E-state index contributed by atoms with van der Waals surface area (Å²) in [4.78, 5) is 16.0. The maximum atomic E-state index is 12.0. The first kappa shape index (κ1) is 17.3. The molecule has 0 spiro atoms. The van der Waals surface area contributed by atoms with E-state index in [1.165, 1.54) is 0 Å². The Bertz CT molecular complexity index is 677. The van der Waals surface area contributed by atoms with E-state index in [1.807, 2.05) is 24.3 Å². The maximum absolute atomic E-state index is 12.0. The van der Waals surface area contributed by atoms with Gasteiger partial charge in [-0.3, -0.25) is 9.78 Å². The van der Waals surface area contributed by atoms with Crippen molar-refractivity contribution in [1.29, 1.82) is 0 Å². The third-order valence-corrected chi connectivity index (χ3v) is 4.11. The van der Waals surface area contributed by atoms with Crippen LogP contribution < -0.4 is 14.8 Å². The maximum Gasteiger partial charge on any atom is 0.224 e. The number of aromatic nitrogens is 1. The molecule has 0 unspecified atom stereocenters. The van der Waals surface area contributed by atoms with Gasteiger partial charge in [0.05, 0.1) is 20.6 Å². The van der Waals surface area contributed by atoms with Crippen LogP contribution >= 0.6 is 15.9 Å². The molecule has 1 aromatic heterocycles. The average Bonchev–Trinajstić information content (AvgIpc) is 2.56. The molecular weight excluding hydrogens is 360 g/mol. The number of carbonyl (C=O) groups excluding carboxylic acids is 1. The number of nitrogens with zero attached hydrogens (tertiary/aromatic N) is 1. The van der Waals surface area contributed by atoms with Crippen molar-refractivity contribution < 1.29 is 14.3 Å². The number of pyridine rings is 1. The minimum Gasteiger partial charge on any atom is -0.493 e. The summed E-state index contributed by atoms with van der Waals surface area (Å²) < 4.78 is 11.3. The predicted molar refractivity (Wildman–Crippen MR) is 91.9 cm³/mol. The van der Waals surface area contributed by atoms with Crippen LogP contribution in [0.5, 0.6) is 11.5 Å². The van der Waals surface area contributed by atoms with Gasteiger partial charge in [-0.05, 0) is 51.7 Å². The highest BCUT2D eigenvalue weighted by molar-refractivity contribution is 9.10. The number of nitrogens with one attached hydrogen (secondary N) is 1. The zero-order valence-electron chi connectivity index (χ0n) is 13.1. The van der Waals surface area contributed by atoms with E-state index in [4.69, 9.17) is 9.47 Å². The summed E-state index contributed by atoms with van der Waals surface area (Å²) in [6, 6.07) is 7.58. The summed E-state index contributed by atoms with van der Waals surface area (Å²) in [5.41, 5.74) is 2.00. The van der Waals surface area contributed by atoms with Crippen LogP contribution in [0.4, 0.5) is 0 Å². The Morgan fingerprint density at radius 3 is 2.70 bits per heavy atom. The highest BCUT2D eigenvalue weighted by Gasteiger charge is 2.07. The molecule has 1 amide bonds. The summed E-state index contributed by atoms with van der Waals surface area (Å²) >= 11 is 3.39. The highest BCUT2D eigenvalue weighted by Crippen LogP contribution is 2.27. The molecule has 0 saturated carbocycles. The second kappa shape index (κ2) is 8.53. The Morgan fingerprint density at radius 1 is 1.22 bits per heavy atom. The first-order chi connectivity index (χ1) is 11.1. The monoisotopic (exact) mass is 378 g/mol. The van der Waals surface area contributed by atoms with E-state index in [2.05, 4.69) is 26.2 Å². The van der Waals surface area contributed by atoms with Gasteiger partial charge in [0.1, 0.15) is 0 Å². The molecule has 1 aromatic carbocycles. The summed E-state index contributed by atoms with van der Waals surface area (Å²) in [6.07, 6.45) is 4.42. The molecule has 2 rings (SSSR count). The van der Waals surface area contributed by atoms with Crippen LogP contribution in [0.15, 0.2) is 41.1 Å². The fourth-order valence-corrected chi connectivity index (χ4v) is 2.56. The summed E-state index contributed by atoms with van der Waals surface area (Å²) in [7, 11) is 3.21. The third-order valence-electron chi connectivity index (χ3n) is 3.39. The van der Waals surface area contributed by atoms with Crippen molar-refractivity contribution >= 4 is 21.8 Å². The van der Waals surface area contributed by atoms with Crippen LogP contribution in [-0.2, 0) is 17.6 Å². The molecule has 2 aromatic rings. The molecule has 5 nitrogen and oxygen atoms in total. The van der Waals surface area contributed by atoms with Gasteiger partial charge in [-0.25, -0.2) is 0 Å². The van der Waals surface area contributed by atoms with Crippen molar-refractivity contribution in [3.05, 3.63) is 52.3 Å². The minimum absolute atomic E-state index is 0.0163. The zero-order chi connectivity index (χ0) is 16.7. The van der Waals surface area contributed by atoms with Crippen LogP contribution in [0.2, 0.25) is 0 Å². The Kier molecular flexibility index (Phi) is 6.40. The molecule has 23 heavy (non-hydrogen) atoms. The Labute approximate surface area is 144 Å². The molecule has 6 heteroatoms. The summed E-state index contributed by atoms with van der Waals surface area (Å²) in [5.74, 6) is 1.37. The topological polar surface area (TPSA) is 60.5 Å². The lowest BCUT2D eigenvalue weighted by Gasteiger charge is -2.10. The van der Waals surface area contributed by atoms with Crippen LogP contribution in [0.25, 0.3) is 0 Å². The number of rotatable bonds is 7. The quantitative estimate of drug-likeness (QED) is 0.804. The van der Waals surface area contributed by atoms with Gasteiger partial charge in [-0.2, -0.15) is 0 Å². The van der Waals surface area contributed by atoms with Crippen LogP contribution in [0, 0.1) is 0 Å². The predicted octanol–water partition coefficient (Wildman–Crippen LogP) is 2.76. The van der Waals surface area contributed by atoms with Gasteiger partial charge in [0, 0.05) is 23.4 Å². The Balaban J connectivity index is 1.85. The van der Waals surface area contributed by atoms with E-state index >= 15 is 0 Å². The van der Waals surface area contributed by atoms with Crippen molar-refractivity contribution in [2.24, 2.45) is 0 Å². The fourth-order valence-electron chi connectivity index (χ4n) is 2.17. The number of halogens is 1. The van der Waals surface area contributed by atoms with Crippen molar-refractivity contribution in [3.8, 4) is 11.5 Å². The van der Waals surface area contributed by atoms with E-state index in [0.717, 1.165) is 22.0 Å². The van der Waals surface area contributed by atoms with Crippen LogP contribution in [0.1, 0.15) is 11.1 Å². The molecule has 122 valence electrons. The first-order valence-corrected chi connectivity index (χ1v) is 7.99. The molecule has 0 aliphatic heterocycles. The third kappa shape index (κ3) is 4.96. The van der Waals surface area contributed by atoms with Gasteiger partial charge in [-0.1, -0.05) is 6.07 Å². The van der Waals surface area contributed by atoms with Crippen LogP contribution in [-0.4, -0.2) is 31.7 Å². The van der Waals surface area contributed by atoms with Gasteiger partial charge in [-0.15, -0.1) is 0 Å². The molecule has 0 fully saturated rings. The van der Waals surface area contributed by atoms with Crippen molar-refractivity contribution in [3.63, 3.8) is 0 Å². The largest absolute Gasteiger partial charge is 0.493 e. The smallest absolute Gasteiger partial charge is 0.224 e. The van der Waals surface area contributed by atoms with Crippen molar-refractivity contribution in [2.75, 3.05) is 20.8 Å². The molecular formula is C17H19BrN2O3. The lowest BCUT2D eigenvalue weighted by atomic mass is 10.1. The first-order valence-electron chi connectivity index (χ1n) is 7.20. The lowest BCUT2D eigenvalue weighted by Crippen LogP contribution is -2.27. The summed E-state index contributed by atoms with van der Waals surface area (Å²) in [5, 5.41) is 2.92. The number of ether oxygens (including phenoxy) is 2. The van der Waals surface area contributed by atoms with Gasteiger partial charge >= 0.3 is 0 Å². The molecule has 0 atom stereocenters. The number of amides is 1. The number of methoxy groups -OCH3 is 2. The number of benzene rings is 1. The molecule has 0 aliphatic rings. The number of hydrogen-bond donors (Lipinski definition) is 1. The molecule has 0 radical (unpaired) electrons. The van der Waals surface area contributed by atoms with Crippen molar-refractivity contribution in [1.82, 2.24) is 10.3 Å². The SMILES string of the molecule is COc1ccc(CCNC(=O)Cc2ccncc2Br)cc1OC. The fraction of sp³-hybridized carbons (Fsp3) is 0.294. The van der Waals surface area contributed by atoms with E-state index in [0.29, 0.717) is 24.5 Å². The molecule has 0 bridgehead atoms.